The third-order valence-electron chi connectivity index (χ3n) is 5.78. The molecule has 0 fully saturated rings. The summed E-state index contributed by atoms with van der Waals surface area (Å²) >= 11 is 6.29. The number of nitrogens with one attached hydrogen (secondary N) is 1. The van der Waals surface area contributed by atoms with Crippen molar-refractivity contribution in [1.29, 1.82) is 0 Å². The standard InChI is InChI=1S/C23H16ClN3O2/c24-15-10-11-18-17(12-15)23(22(28)25-18)27-20(16-8-4-5-9-21(16)29-23)13-19(26-27)14-6-2-1-3-7-14/h1-12,20H,13H2,(H,25,28)/t20-,23+/m1/s1. The van der Waals surface area contributed by atoms with Crippen molar-refractivity contribution in [1.82, 2.24) is 5.01 Å². The average Bonchev–Trinajstić information content (AvgIpc) is 3.31. The van der Waals surface area contributed by atoms with Gasteiger partial charge in [0.15, 0.2) is 0 Å². The number of para-hydroxylation sites is 1. The zero-order chi connectivity index (χ0) is 19.6. The molecule has 1 N–H and O–H groups in total. The topological polar surface area (TPSA) is 53.9 Å². The number of hydrogen-bond donors (Lipinski definition) is 1. The van der Waals surface area contributed by atoms with E-state index in [0.717, 1.165) is 16.8 Å². The lowest BCUT2D eigenvalue weighted by Gasteiger charge is -2.44. The predicted octanol–water partition coefficient (Wildman–Crippen LogP) is 4.69. The Morgan fingerprint density at radius 3 is 2.72 bits per heavy atom. The first kappa shape index (κ1) is 16.6. The van der Waals surface area contributed by atoms with E-state index in [1.54, 1.807) is 18.2 Å². The number of ether oxygens (including phenoxy) is 1. The summed E-state index contributed by atoms with van der Waals surface area (Å²) in [7, 11) is 0. The molecule has 2 atom stereocenters. The van der Waals surface area contributed by atoms with Gasteiger partial charge in [-0.05, 0) is 29.8 Å². The second-order valence-corrected chi connectivity index (χ2v) is 7.84. The van der Waals surface area contributed by atoms with Gasteiger partial charge in [0.05, 0.1) is 23.0 Å². The van der Waals surface area contributed by atoms with Crippen LogP contribution in [0.2, 0.25) is 5.02 Å². The van der Waals surface area contributed by atoms with Gasteiger partial charge in [-0.2, -0.15) is 5.10 Å². The molecule has 0 radical (unpaired) electrons. The summed E-state index contributed by atoms with van der Waals surface area (Å²) in [6.07, 6.45) is 0.690. The van der Waals surface area contributed by atoms with Gasteiger partial charge in [0.1, 0.15) is 5.75 Å². The number of hydrogen-bond acceptors (Lipinski definition) is 4. The van der Waals surface area contributed by atoms with Crippen molar-refractivity contribution in [3.05, 3.63) is 94.5 Å². The quantitative estimate of drug-likeness (QED) is 0.643. The minimum atomic E-state index is -1.38. The summed E-state index contributed by atoms with van der Waals surface area (Å²) in [6, 6.07) is 23.1. The van der Waals surface area contributed by atoms with Gasteiger partial charge in [-0.15, -0.1) is 0 Å². The van der Waals surface area contributed by atoms with E-state index in [2.05, 4.69) is 5.32 Å². The average molecular weight is 402 g/mol. The Morgan fingerprint density at radius 1 is 1.07 bits per heavy atom. The molecule has 3 aromatic carbocycles. The van der Waals surface area contributed by atoms with Crippen LogP contribution >= 0.6 is 11.6 Å². The molecular weight excluding hydrogens is 386 g/mol. The van der Waals surface area contributed by atoms with E-state index in [1.165, 1.54) is 0 Å². The Kier molecular flexibility index (Phi) is 3.35. The summed E-state index contributed by atoms with van der Waals surface area (Å²) < 4.78 is 6.42. The minimum Gasteiger partial charge on any atom is -0.453 e. The Balaban J connectivity index is 1.59. The SMILES string of the molecule is O=C1Nc2ccc(Cl)cc2[C@]12Oc1ccccc1[C@H]1CC(c3ccccc3)=NN12. The lowest BCUT2D eigenvalue weighted by atomic mass is 9.92. The van der Waals surface area contributed by atoms with E-state index >= 15 is 0 Å². The predicted molar refractivity (Wildman–Crippen MR) is 111 cm³/mol. The monoisotopic (exact) mass is 401 g/mol. The largest absolute Gasteiger partial charge is 0.453 e. The van der Waals surface area contributed by atoms with Crippen molar-refractivity contribution in [2.45, 2.75) is 18.2 Å². The molecule has 0 saturated carbocycles. The maximum absolute atomic E-state index is 13.3. The van der Waals surface area contributed by atoms with Crippen molar-refractivity contribution >= 4 is 28.9 Å². The van der Waals surface area contributed by atoms with E-state index in [4.69, 9.17) is 21.4 Å². The number of hydrazone groups is 1. The van der Waals surface area contributed by atoms with Gasteiger partial charge in [0.25, 0.3) is 5.91 Å². The van der Waals surface area contributed by atoms with Gasteiger partial charge in [0.2, 0.25) is 0 Å². The molecule has 142 valence electrons. The number of benzene rings is 3. The maximum atomic E-state index is 13.3. The number of carbonyl (C=O) groups is 1. The van der Waals surface area contributed by atoms with Crippen LogP contribution in [0.25, 0.3) is 0 Å². The molecule has 3 aliphatic heterocycles. The summed E-state index contributed by atoms with van der Waals surface area (Å²) in [5.41, 5.74) is 3.00. The fraction of sp³-hybridized carbons (Fsp3) is 0.130. The lowest BCUT2D eigenvalue weighted by molar-refractivity contribution is -0.161. The Morgan fingerprint density at radius 2 is 1.86 bits per heavy atom. The number of amides is 1. The number of fused-ring (bicyclic) bond motifs is 6. The number of halogens is 1. The van der Waals surface area contributed by atoms with Crippen LogP contribution in [-0.4, -0.2) is 16.6 Å². The van der Waals surface area contributed by atoms with E-state index in [0.29, 0.717) is 28.4 Å². The van der Waals surface area contributed by atoms with E-state index in [9.17, 15) is 4.79 Å². The highest BCUT2D eigenvalue weighted by molar-refractivity contribution is 6.31. The first-order valence-electron chi connectivity index (χ1n) is 9.48. The number of rotatable bonds is 1. The Bertz CT molecular complexity index is 1190. The van der Waals surface area contributed by atoms with Crippen LogP contribution in [0, 0.1) is 0 Å². The van der Waals surface area contributed by atoms with Crippen LogP contribution in [0.3, 0.4) is 0 Å². The van der Waals surface area contributed by atoms with Crippen LogP contribution in [0.1, 0.15) is 29.2 Å². The van der Waals surface area contributed by atoms with Crippen molar-refractivity contribution in [2.24, 2.45) is 5.10 Å². The van der Waals surface area contributed by atoms with E-state index in [-0.39, 0.29) is 11.9 Å². The zero-order valence-corrected chi connectivity index (χ0v) is 16.1. The van der Waals surface area contributed by atoms with Gasteiger partial charge in [-0.1, -0.05) is 60.1 Å². The highest BCUT2D eigenvalue weighted by Crippen LogP contribution is 2.54. The summed E-state index contributed by atoms with van der Waals surface area (Å²) in [5, 5.41) is 10.2. The van der Waals surface area contributed by atoms with Gasteiger partial charge in [0, 0.05) is 17.0 Å². The highest BCUT2D eigenvalue weighted by atomic mass is 35.5. The summed E-state index contributed by atoms with van der Waals surface area (Å²) in [5.74, 6) is 0.438. The molecule has 1 spiro atoms. The molecule has 0 aliphatic carbocycles. The first-order chi connectivity index (χ1) is 14.2. The number of nitrogens with zero attached hydrogens (tertiary/aromatic N) is 2. The molecule has 0 aromatic heterocycles. The first-order valence-corrected chi connectivity index (χ1v) is 9.86. The molecule has 0 unspecified atom stereocenters. The smallest absolute Gasteiger partial charge is 0.306 e. The van der Waals surface area contributed by atoms with Crippen molar-refractivity contribution in [3.63, 3.8) is 0 Å². The third kappa shape index (κ3) is 2.22. The van der Waals surface area contributed by atoms with Crippen LogP contribution in [0.4, 0.5) is 5.69 Å². The molecule has 1 amide bonds. The number of carbonyl (C=O) groups excluding carboxylic acids is 1. The molecule has 6 rings (SSSR count). The molecule has 0 bridgehead atoms. The van der Waals surface area contributed by atoms with E-state index in [1.807, 2.05) is 59.6 Å². The normalized spacial score (nSPS) is 23.8. The van der Waals surface area contributed by atoms with Crippen LogP contribution < -0.4 is 10.1 Å². The summed E-state index contributed by atoms with van der Waals surface area (Å²) in [6.45, 7) is 0. The van der Waals surface area contributed by atoms with Crippen molar-refractivity contribution in [3.8, 4) is 5.75 Å². The molecule has 5 nitrogen and oxygen atoms in total. The second-order valence-electron chi connectivity index (χ2n) is 7.41. The van der Waals surface area contributed by atoms with Gasteiger partial charge >= 0.3 is 5.72 Å². The molecular formula is C23H16ClN3O2. The van der Waals surface area contributed by atoms with E-state index < -0.39 is 5.72 Å². The van der Waals surface area contributed by atoms with Crippen molar-refractivity contribution in [2.75, 3.05) is 5.32 Å². The Labute approximate surface area is 172 Å². The second kappa shape index (κ2) is 5.84. The van der Waals surface area contributed by atoms with Crippen LogP contribution in [0.5, 0.6) is 5.75 Å². The van der Waals surface area contributed by atoms with Crippen LogP contribution in [0.15, 0.2) is 77.9 Å². The molecule has 3 aromatic rings. The third-order valence-corrected chi connectivity index (χ3v) is 6.01. The highest BCUT2D eigenvalue weighted by Gasteiger charge is 2.60. The van der Waals surface area contributed by atoms with Crippen molar-refractivity contribution < 1.29 is 9.53 Å². The number of anilines is 1. The molecule has 3 heterocycles. The Hall–Kier alpha value is -3.31. The van der Waals surface area contributed by atoms with Gasteiger partial charge < -0.3 is 10.1 Å². The fourth-order valence-corrected chi connectivity index (χ4v) is 4.64. The lowest BCUT2D eigenvalue weighted by Crippen LogP contribution is -2.55. The minimum absolute atomic E-state index is 0.106. The summed E-state index contributed by atoms with van der Waals surface area (Å²) in [4.78, 5) is 13.3. The zero-order valence-electron chi connectivity index (χ0n) is 15.3. The maximum Gasteiger partial charge on any atom is 0.306 e. The molecule has 6 heteroatoms. The molecule has 3 aliphatic rings. The van der Waals surface area contributed by atoms with Crippen LogP contribution in [-0.2, 0) is 10.5 Å². The molecule has 29 heavy (non-hydrogen) atoms. The van der Waals surface area contributed by atoms with Gasteiger partial charge in [-0.25, -0.2) is 5.01 Å². The molecule has 0 saturated heterocycles. The van der Waals surface area contributed by atoms with Gasteiger partial charge in [-0.3, -0.25) is 4.79 Å². The fourth-order valence-electron chi connectivity index (χ4n) is 4.47.